The number of halogens is 4. The molecule has 1 saturated heterocycles. The maximum atomic E-state index is 14.4. The first kappa shape index (κ1) is 18.7. The molecule has 8 nitrogen and oxygen atoms in total. The van der Waals surface area contributed by atoms with Gasteiger partial charge in [0.2, 0.25) is 5.69 Å². The number of amides is 2. The number of rotatable bonds is 4. The van der Waals surface area contributed by atoms with Crippen LogP contribution < -0.4 is 10.2 Å². The Morgan fingerprint density at radius 2 is 2.15 bits per heavy atom. The van der Waals surface area contributed by atoms with Crippen molar-refractivity contribution in [2.75, 3.05) is 31.1 Å². The molecule has 0 saturated carbocycles. The first-order valence-corrected chi connectivity index (χ1v) is 7.76. The summed E-state index contributed by atoms with van der Waals surface area (Å²) in [5.74, 6) is -2.89. The van der Waals surface area contributed by atoms with Gasteiger partial charge in [0.1, 0.15) is 6.10 Å². The van der Waals surface area contributed by atoms with E-state index in [0.29, 0.717) is 0 Å². The van der Waals surface area contributed by atoms with Crippen LogP contribution in [-0.2, 0) is 14.3 Å². The topological polar surface area (TPSA) is 91.1 Å². The van der Waals surface area contributed by atoms with E-state index in [1.807, 2.05) is 0 Å². The van der Waals surface area contributed by atoms with Crippen molar-refractivity contribution >= 4 is 29.5 Å². The molecule has 2 aliphatic rings. The highest BCUT2D eigenvalue weighted by Crippen LogP contribution is 2.28. The minimum absolute atomic E-state index is 0.0373. The van der Waals surface area contributed by atoms with Gasteiger partial charge in [0.25, 0.3) is 0 Å². The fourth-order valence-corrected chi connectivity index (χ4v) is 2.65. The number of hydrogen-bond donors (Lipinski definition) is 2. The quantitative estimate of drug-likeness (QED) is 0.598. The number of aliphatic hydroxyl groups excluding tert-OH is 1. The van der Waals surface area contributed by atoms with E-state index in [9.17, 15) is 32.3 Å². The number of aliphatic hydroxyl groups is 1. The first-order chi connectivity index (χ1) is 12.7. The lowest BCUT2D eigenvalue weighted by Crippen LogP contribution is -2.41. The zero-order chi connectivity index (χ0) is 19.8. The standard InChI is InChI=1S/C15H13F4N3O5/c16-10-5-8(1-2-11(10)21-3-4-26-13(21)24)22-7-9(27-14(22)25)6-20-12(23)15(17,18)19/h1-2,5,9H,3-4,6-7H2,(H,20,23)/p+1. The van der Waals surface area contributed by atoms with Crippen molar-refractivity contribution in [3.63, 3.8) is 0 Å². The molecule has 2 amide bonds. The lowest BCUT2D eigenvalue weighted by molar-refractivity contribution is -0.440. The number of anilines is 1. The van der Waals surface area contributed by atoms with Gasteiger partial charge < -0.3 is 19.9 Å². The Bertz CT molecular complexity index is 811. The van der Waals surface area contributed by atoms with Gasteiger partial charge in [-0.2, -0.15) is 17.6 Å². The van der Waals surface area contributed by atoms with Gasteiger partial charge in [0, 0.05) is 12.1 Å². The Morgan fingerprint density at radius 3 is 2.74 bits per heavy atom. The van der Waals surface area contributed by atoms with Crippen LogP contribution in [0.4, 0.5) is 33.7 Å². The minimum Gasteiger partial charge on any atom is -0.442 e. The number of ether oxygens (including phenoxy) is 2. The van der Waals surface area contributed by atoms with E-state index in [4.69, 9.17) is 9.47 Å². The van der Waals surface area contributed by atoms with Crippen molar-refractivity contribution in [2.24, 2.45) is 0 Å². The van der Waals surface area contributed by atoms with Gasteiger partial charge in [0.05, 0.1) is 18.8 Å². The lowest BCUT2D eigenvalue weighted by atomic mass is 10.2. The maximum absolute atomic E-state index is 14.4. The summed E-state index contributed by atoms with van der Waals surface area (Å²) in [6.07, 6.45) is -7.38. The number of benzene rings is 1. The highest BCUT2D eigenvalue weighted by molar-refractivity contribution is 5.90. The van der Waals surface area contributed by atoms with E-state index in [0.717, 1.165) is 11.0 Å². The molecule has 0 bridgehead atoms. The van der Waals surface area contributed by atoms with E-state index in [-0.39, 0.29) is 31.1 Å². The molecule has 2 heterocycles. The maximum Gasteiger partial charge on any atom is 0.553 e. The van der Waals surface area contributed by atoms with Crippen LogP contribution in [-0.4, -0.2) is 66.3 Å². The van der Waals surface area contributed by atoms with E-state index >= 15 is 0 Å². The summed E-state index contributed by atoms with van der Waals surface area (Å²) in [6.45, 7) is -0.263. The molecular weight excluding hydrogens is 378 g/mol. The van der Waals surface area contributed by atoms with Gasteiger partial charge in [-0.3, -0.25) is 9.69 Å². The van der Waals surface area contributed by atoms with Gasteiger partial charge in [0.15, 0.2) is 19.0 Å². The molecule has 1 unspecified atom stereocenters. The first-order valence-electron chi connectivity index (χ1n) is 7.76. The summed E-state index contributed by atoms with van der Waals surface area (Å²) in [5.41, 5.74) is 0.154. The van der Waals surface area contributed by atoms with Gasteiger partial charge in [-0.05, 0) is 6.07 Å². The molecule has 3 rings (SSSR count). The van der Waals surface area contributed by atoms with Crippen LogP contribution in [0, 0.1) is 5.82 Å². The van der Waals surface area contributed by atoms with Crippen LogP contribution in [0.2, 0.25) is 0 Å². The molecule has 146 valence electrons. The van der Waals surface area contributed by atoms with E-state index in [1.54, 1.807) is 5.32 Å². The normalized spacial score (nSPS) is 19.9. The van der Waals surface area contributed by atoms with Crippen molar-refractivity contribution in [1.82, 2.24) is 5.32 Å². The molecule has 1 aromatic rings. The van der Waals surface area contributed by atoms with Crippen molar-refractivity contribution < 1.29 is 46.3 Å². The highest BCUT2D eigenvalue weighted by atomic mass is 19.4. The highest BCUT2D eigenvalue weighted by Gasteiger charge is 2.40. The fraction of sp³-hybridized carbons (Fsp3) is 0.400. The smallest absolute Gasteiger partial charge is 0.442 e. The van der Waals surface area contributed by atoms with Gasteiger partial charge in [-0.1, -0.05) is 0 Å². The summed E-state index contributed by atoms with van der Waals surface area (Å²) in [7, 11) is 0. The molecule has 2 aliphatic heterocycles. The summed E-state index contributed by atoms with van der Waals surface area (Å²) < 4.78 is 61.8. The second-order valence-electron chi connectivity index (χ2n) is 5.74. The molecule has 1 aromatic carbocycles. The molecule has 2 N–H and O–H groups in total. The molecule has 0 radical (unpaired) electrons. The van der Waals surface area contributed by atoms with Crippen LogP contribution >= 0.6 is 0 Å². The Morgan fingerprint density at radius 1 is 1.41 bits per heavy atom. The zero-order valence-electron chi connectivity index (χ0n) is 13.6. The van der Waals surface area contributed by atoms with E-state index < -0.39 is 42.7 Å². The largest absolute Gasteiger partial charge is 0.553 e. The number of carbonyl (C=O) groups excluding carboxylic acids is 2. The van der Waals surface area contributed by atoms with Crippen LogP contribution in [0.15, 0.2) is 18.2 Å². The van der Waals surface area contributed by atoms with Gasteiger partial charge >= 0.3 is 24.3 Å². The molecule has 0 aromatic heterocycles. The number of hydrogen-bond acceptors (Lipinski definition) is 4. The Balaban J connectivity index is 1.68. The molecule has 1 atom stereocenters. The average molecular weight is 392 g/mol. The zero-order valence-corrected chi connectivity index (χ0v) is 13.6. The Hall–Kier alpha value is -3.05. The third kappa shape index (κ3) is 3.88. The van der Waals surface area contributed by atoms with E-state index in [2.05, 4.69) is 0 Å². The molecule has 0 spiro atoms. The second kappa shape index (κ2) is 6.93. The predicted octanol–water partition coefficient (Wildman–Crippen LogP) is 1.42. The van der Waals surface area contributed by atoms with E-state index in [1.165, 1.54) is 16.7 Å². The molecule has 0 aliphatic carbocycles. The van der Waals surface area contributed by atoms with Crippen LogP contribution in [0.5, 0.6) is 0 Å². The number of nitrogens with zero attached hydrogens (tertiary/aromatic N) is 2. The predicted molar refractivity (Wildman–Crippen MR) is 81.5 cm³/mol. The van der Waals surface area contributed by atoms with Crippen LogP contribution in [0.3, 0.4) is 0 Å². The Labute approximate surface area is 149 Å². The second-order valence-corrected chi connectivity index (χ2v) is 5.74. The summed E-state index contributed by atoms with van der Waals surface area (Å²) in [6, 6.07) is 3.74. The Kier molecular flexibility index (Phi) is 4.81. The van der Waals surface area contributed by atoms with Crippen molar-refractivity contribution in [2.45, 2.75) is 12.3 Å². The van der Waals surface area contributed by atoms with Crippen LogP contribution in [0.25, 0.3) is 0 Å². The van der Waals surface area contributed by atoms with Crippen molar-refractivity contribution in [3.05, 3.63) is 24.0 Å². The fourth-order valence-electron chi connectivity index (χ4n) is 2.65. The average Bonchev–Trinajstić information content (AvgIpc) is 3.17. The number of carbonyl (C=O) groups is 2. The summed E-state index contributed by atoms with van der Waals surface area (Å²) >= 11 is 0. The van der Waals surface area contributed by atoms with Crippen molar-refractivity contribution in [1.29, 1.82) is 0 Å². The summed E-state index contributed by atoms with van der Waals surface area (Å²) in [5, 5.41) is 11.2. The third-order valence-electron chi connectivity index (χ3n) is 3.93. The molecule has 27 heavy (non-hydrogen) atoms. The van der Waals surface area contributed by atoms with Crippen molar-refractivity contribution in [3.8, 4) is 0 Å². The number of alkyl halides is 3. The monoisotopic (exact) mass is 392 g/mol. The molecular formula is C15H14F4N3O5+. The third-order valence-corrected chi connectivity index (χ3v) is 3.93. The lowest BCUT2D eigenvalue weighted by Gasteiger charge is -2.13. The molecule has 12 heteroatoms. The minimum atomic E-state index is -5.04. The number of cyclic esters (lactones) is 1. The molecule has 1 fully saturated rings. The van der Waals surface area contributed by atoms with Gasteiger partial charge in [-0.25, -0.2) is 4.79 Å². The number of nitrogens with one attached hydrogen (secondary N) is 1. The van der Waals surface area contributed by atoms with Gasteiger partial charge in [-0.15, -0.1) is 4.58 Å². The SMILES string of the molecule is O=C1OC(CNC(=O)C(F)(F)F)CN1c1ccc([N+]2=C(O)OCC2)c(F)c1. The summed E-state index contributed by atoms with van der Waals surface area (Å²) in [4.78, 5) is 23.7. The van der Waals surface area contributed by atoms with Crippen LogP contribution in [0.1, 0.15) is 0 Å².